The molecule has 0 saturated heterocycles. The van der Waals surface area contributed by atoms with Crippen LogP contribution in [0.2, 0.25) is 0 Å². The number of anilines is 1. The van der Waals surface area contributed by atoms with Crippen LogP contribution in [-0.4, -0.2) is 27.4 Å². The maximum absolute atomic E-state index is 12.9. The van der Waals surface area contributed by atoms with E-state index in [9.17, 15) is 13.2 Å². The fourth-order valence-electron chi connectivity index (χ4n) is 4.08. The highest BCUT2D eigenvalue weighted by molar-refractivity contribution is 7.92. The van der Waals surface area contributed by atoms with Gasteiger partial charge in [0.05, 0.1) is 15.5 Å². The van der Waals surface area contributed by atoms with Crippen LogP contribution in [0.4, 0.5) is 5.69 Å². The Bertz CT molecular complexity index is 1150. The molecule has 0 spiro atoms. The summed E-state index contributed by atoms with van der Waals surface area (Å²) in [4.78, 5) is 13.8. The Labute approximate surface area is 188 Å². The van der Waals surface area contributed by atoms with E-state index in [4.69, 9.17) is 0 Å². The van der Waals surface area contributed by atoms with Crippen LogP contribution in [0.25, 0.3) is 10.1 Å². The molecule has 4 rings (SSSR count). The van der Waals surface area contributed by atoms with Gasteiger partial charge in [0.1, 0.15) is 0 Å². The van der Waals surface area contributed by atoms with Crippen molar-refractivity contribution >= 4 is 43.0 Å². The van der Waals surface area contributed by atoms with Gasteiger partial charge in [-0.15, -0.1) is 11.3 Å². The average molecular weight is 457 g/mol. The third-order valence-electron chi connectivity index (χ3n) is 5.93. The second-order valence-electron chi connectivity index (χ2n) is 8.13. The minimum absolute atomic E-state index is 0.0291. The second-order valence-corrected chi connectivity index (χ2v) is 11.2. The Kier molecular flexibility index (Phi) is 6.62. The van der Waals surface area contributed by atoms with E-state index in [2.05, 4.69) is 5.32 Å². The number of carbonyl (C=O) groups is 1. The Morgan fingerprint density at radius 2 is 1.65 bits per heavy atom. The molecule has 1 aromatic heterocycles. The van der Waals surface area contributed by atoms with Gasteiger partial charge in [-0.25, -0.2) is 8.42 Å². The minimum Gasteiger partial charge on any atom is -0.349 e. The van der Waals surface area contributed by atoms with Crippen molar-refractivity contribution in [1.29, 1.82) is 0 Å². The average Bonchev–Trinajstić information content (AvgIpc) is 3.19. The highest BCUT2D eigenvalue weighted by Crippen LogP contribution is 2.31. The van der Waals surface area contributed by atoms with E-state index in [1.165, 1.54) is 47.7 Å². The van der Waals surface area contributed by atoms with Gasteiger partial charge >= 0.3 is 0 Å². The van der Waals surface area contributed by atoms with Crippen LogP contribution in [0.5, 0.6) is 0 Å². The Morgan fingerprint density at radius 1 is 0.968 bits per heavy atom. The zero-order chi connectivity index (χ0) is 21.8. The summed E-state index contributed by atoms with van der Waals surface area (Å²) < 4.78 is 28.1. The van der Waals surface area contributed by atoms with Crippen LogP contribution in [-0.2, 0) is 10.0 Å². The first kappa shape index (κ1) is 21.8. The first-order valence-corrected chi connectivity index (χ1v) is 13.1. The van der Waals surface area contributed by atoms with Gasteiger partial charge in [-0.05, 0) is 54.6 Å². The van der Waals surface area contributed by atoms with Crippen LogP contribution < -0.4 is 9.62 Å². The number of benzene rings is 2. The Morgan fingerprint density at radius 3 is 2.35 bits per heavy atom. The normalized spacial score (nSPS) is 15.9. The fraction of sp³-hybridized carbons (Fsp3) is 0.375. The zero-order valence-electron chi connectivity index (χ0n) is 17.7. The fourth-order valence-corrected chi connectivity index (χ4v) is 6.24. The number of nitrogens with zero attached hydrogens (tertiary/aromatic N) is 1. The summed E-state index contributed by atoms with van der Waals surface area (Å²) in [5.74, 6) is -0.0291. The summed E-state index contributed by atoms with van der Waals surface area (Å²) >= 11 is 1.45. The molecule has 2 aromatic carbocycles. The van der Waals surface area contributed by atoms with E-state index in [0.29, 0.717) is 10.6 Å². The van der Waals surface area contributed by atoms with Crippen molar-refractivity contribution in [2.24, 2.45) is 0 Å². The number of fused-ring (bicyclic) bond motifs is 1. The number of hydrogen-bond donors (Lipinski definition) is 1. The second kappa shape index (κ2) is 9.40. The molecule has 7 heteroatoms. The van der Waals surface area contributed by atoms with Crippen LogP contribution in [0.15, 0.2) is 59.5 Å². The molecule has 5 nitrogen and oxygen atoms in total. The van der Waals surface area contributed by atoms with E-state index >= 15 is 0 Å². The molecule has 0 aliphatic heterocycles. The number of nitrogens with one attached hydrogen (secondary N) is 1. The molecule has 1 heterocycles. The first-order valence-electron chi connectivity index (χ1n) is 10.8. The third kappa shape index (κ3) is 4.93. The number of hydrogen-bond acceptors (Lipinski definition) is 4. The summed E-state index contributed by atoms with van der Waals surface area (Å²) in [5.41, 5.74) is 0.570. The summed E-state index contributed by atoms with van der Waals surface area (Å²) in [6, 6.07) is 16.0. The van der Waals surface area contributed by atoms with Crippen molar-refractivity contribution in [1.82, 2.24) is 5.32 Å². The number of rotatable bonds is 5. The van der Waals surface area contributed by atoms with E-state index in [1.807, 2.05) is 18.2 Å². The quantitative estimate of drug-likeness (QED) is 0.546. The molecule has 1 N–H and O–H groups in total. The van der Waals surface area contributed by atoms with Gasteiger partial charge in [-0.1, -0.05) is 50.3 Å². The van der Waals surface area contributed by atoms with Gasteiger partial charge in [0.25, 0.3) is 15.9 Å². The van der Waals surface area contributed by atoms with Crippen molar-refractivity contribution in [2.45, 2.75) is 55.9 Å². The van der Waals surface area contributed by atoms with Crippen molar-refractivity contribution in [3.05, 3.63) is 59.5 Å². The van der Waals surface area contributed by atoms with Crippen LogP contribution in [0, 0.1) is 0 Å². The van der Waals surface area contributed by atoms with Crippen LogP contribution in [0.1, 0.15) is 54.6 Å². The molecule has 31 heavy (non-hydrogen) atoms. The van der Waals surface area contributed by atoms with Gasteiger partial charge in [0, 0.05) is 17.8 Å². The van der Waals surface area contributed by atoms with Crippen molar-refractivity contribution in [3.8, 4) is 0 Å². The molecular weight excluding hydrogens is 428 g/mol. The summed E-state index contributed by atoms with van der Waals surface area (Å²) in [6.45, 7) is 0. The molecule has 1 amide bonds. The number of sulfonamides is 1. The van der Waals surface area contributed by atoms with Crippen molar-refractivity contribution in [3.63, 3.8) is 0 Å². The number of amides is 1. The maximum atomic E-state index is 12.9. The lowest BCUT2D eigenvalue weighted by Gasteiger charge is -2.20. The van der Waals surface area contributed by atoms with Crippen LogP contribution >= 0.6 is 11.3 Å². The van der Waals surface area contributed by atoms with E-state index in [1.54, 1.807) is 43.4 Å². The third-order valence-corrected chi connectivity index (χ3v) is 8.84. The lowest BCUT2D eigenvalue weighted by atomic mass is 9.97. The molecule has 1 aliphatic rings. The number of thiophene rings is 1. The highest BCUT2D eigenvalue weighted by Gasteiger charge is 2.22. The van der Waals surface area contributed by atoms with Crippen molar-refractivity contribution in [2.75, 3.05) is 11.4 Å². The van der Waals surface area contributed by atoms with E-state index < -0.39 is 10.0 Å². The SMILES string of the molecule is CN(c1ccc2sc(C(=O)NC3CCCCCCC3)cc2c1)S(=O)(=O)c1ccccc1. The zero-order valence-corrected chi connectivity index (χ0v) is 19.3. The predicted molar refractivity (Wildman–Crippen MR) is 127 cm³/mol. The standard InChI is InChI=1S/C24H28N2O3S2/c1-26(31(28,29)21-12-8-5-9-13-21)20-14-15-22-18(16-20)17-23(30-22)24(27)25-19-10-6-3-2-4-7-11-19/h5,8-9,12-17,19H,2-4,6-7,10-11H2,1H3,(H,25,27). The highest BCUT2D eigenvalue weighted by atomic mass is 32.2. The molecule has 3 aromatic rings. The van der Waals surface area contributed by atoms with Gasteiger partial charge < -0.3 is 5.32 Å². The predicted octanol–water partition coefficient (Wildman–Crippen LogP) is 5.57. The van der Waals surface area contributed by atoms with Gasteiger partial charge in [0.15, 0.2) is 0 Å². The molecular formula is C24H28N2O3S2. The largest absolute Gasteiger partial charge is 0.349 e. The molecule has 164 valence electrons. The number of carbonyl (C=O) groups excluding carboxylic acids is 1. The van der Waals surface area contributed by atoms with Gasteiger partial charge in [0.2, 0.25) is 0 Å². The Balaban J connectivity index is 1.53. The summed E-state index contributed by atoms with van der Waals surface area (Å²) in [5, 5.41) is 4.09. The maximum Gasteiger partial charge on any atom is 0.264 e. The van der Waals surface area contributed by atoms with E-state index in [0.717, 1.165) is 22.9 Å². The van der Waals surface area contributed by atoms with Gasteiger partial charge in [-0.3, -0.25) is 9.10 Å². The molecule has 1 fully saturated rings. The lowest BCUT2D eigenvalue weighted by molar-refractivity contribution is 0.0934. The summed E-state index contributed by atoms with van der Waals surface area (Å²) in [6.07, 6.45) is 8.22. The molecule has 0 radical (unpaired) electrons. The first-order chi connectivity index (χ1) is 14.9. The Hall–Kier alpha value is -2.38. The smallest absolute Gasteiger partial charge is 0.264 e. The molecule has 0 atom stereocenters. The van der Waals surface area contributed by atoms with Gasteiger partial charge in [-0.2, -0.15) is 0 Å². The molecule has 0 unspecified atom stereocenters. The molecule has 1 saturated carbocycles. The monoisotopic (exact) mass is 456 g/mol. The molecule has 0 bridgehead atoms. The van der Waals surface area contributed by atoms with Crippen LogP contribution in [0.3, 0.4) is 0 Å². The van der Waals surface area contributed by atoms with E-state index in [-0.39, 0.29) is 16.8 Å². The summed E-state index contributed by atoms with van der Waals surface area (Å²) in [7, 11) is -2.08. The lowest BCUT2D eigenvalue weighted by Crippen LogP contribution is -2.34. The topological polar surface area (TPSA) is 66.5 Å². The minimum atomic E-state index is -3.64. The molecule has 1 aliphatic carbocycles. The van der Waals surface area contributed by atoms with Crippen molar-refractivity contribution < 1.29 is 13.2 Å².